The molecule has 0 atom stereocenters. The first-order valence-corrected chi connectivity index (χ1v) is 5.73. The van der Waals surface area contributed by atoms with Crippen molar-refractivity contribution in [3.8, 4) is 0 Å². The molecule has 0 spiro atoms. The van der Waals surface area contributed by atoms with Crippen LogP contribution in [0.4, 0.5) is 0 Å². The average Bonchev–Trinajstić information content (AvgIpc) is 2.91. The number of hydrogen-bond donors (Lipinski definition) is 1. The summed E-state index contributed by atoms with van der Waals surface area (Å²) in [4.78, 5) is 0. The molecule has 0 radical (unpaired) electrons. The molecule has 3 heteroatoms. The molecule has 1 saturated carbocycles. The largest absolute Gasteiger partial charge is 0.307 e. The van der Waals surface area contributed by atoms with Crippen LogP contribution in [0.3, 0.4) is 0 Å². The summed E-state index contributed by atoms with van der Waals surface area (Å²) in [6.07, 6.45) is 4.86. The molecule has 0 amide bonds. The van der Waals surface area contributed by atoms with Crippen molar-refractivity contribution >= 4 is 0 Å². The van der Waals surface area contributed by atoms with Gasteiger partial charge in [-0.05, 0) is 39.5 Å². The van der Waals surface area contributed by atoms with Gasteiger partial charge in [-0.15, -0.1) is 0 Å². The van der Waals surface area contributed by atoms with Gasteiger partial charge in [0, 0.05) is 30.9 Å². The fourth-order valence-corrected chi connectivity index (χ4v) is 2.09. The summed E-state index contributed by atoms with van der Waals surface area (Å²) in [6, 6.07) is 0. The van der Waals surface area contributed by atoms with Crippen molar-refractivity contribution in [2.45, 2.75) is 45.7 Å². The molecular formula is C12H21N3. The number of rotatable bonds is 4. The van der Waals surface area contributed by atoms with Crippen LogP contribution < -0.4 is 5.32 Å². The van der Waals surface area contributed by atoms with Gasteiger partial charge in [-0.3, -0.25) is 4.68 Å². The average molecular weight is 207 g/mol. The van der Waals surface area contributed by atoms with E-state index in [0.717, 1.165) is 18.2 Å². The Morgan fingerprint density at radius 1 is 1.53 bits per heavy atom. The van der Waals surface area contributed by atoms with Gasteiger partial charge >= 0.3 is 0 Å². The minimum atomic E-state index is 0.280. The van der Waals surface area contributed by atoms with E-state index >= 15 is 0 Å². The van der Waals surface area contributed by atoms with Gasteiger partial charge in [0.05, 0.1) is 5.69 Å². The van der Waals surface area contributed by atoms with Crippen LogP contribution in [-0.4, -0.2) is 15.3 Å². The molecule has 1 heterocycles. The molecule has 1 aromatic rings. The topological polar surface area (TPSA) is 29.9 Å². The van der Waals surface area contributed by atoms with Crippen molar-refractivity contribution in [2.75, 3.05) is 0 Å². The van der Waals surface area contributed by atoms with Crippen LogP contribution in [0.1, 0.15) is 37.9 Å². The number of aryl methyl sites for hydroxylation is 2. The van der Waals surface area contributed by atoms with Crippen molar-refractivity contribution in [2.24, 2.45) is 13.0 Å². The highest BCUT2D eigenvalue weighted by atomic mass is 15.3. The third-order valence-electron chi connectivity index (χ3n) is 3.45. The molecule has 2 rings (SSSR count). The van der Waals surface area contributed by atoms with E-state index in [1.807, 2.05) is 11.7 Å². The Bertz CT molecular complexity index is 348. The summed E-state index contributed by atoms with van der Waals surface area (Å²) >= 11 is 0. The third-order valence-corrected chi connectivity index (χ3v) is 3.45. The molecule has 1 fully saturated rings. The van der Waals surface area contributed by atoms with E-state index in [2.05, 4.69) is 37.4 Å². The fourth-order valence-electron chi connectivity index (χ4n) is 2.09. The molecule has 1 N–H and O–H groups in total. The molecule has 0 unspecified atom stereocenters. The minimum Gasteiger partial charge on any atom is -0.307 e. The zero-order valence-corrected chi connectivity index (χ0v) is 10.2. The van der Waals surface area contributed by atoms with E-state index in [-0.39, 0.29) is 5.54 Å². The Kier molecular flexibility index (Phi) is 2.59. The van der Waals surface area contributed by atoms with Gasteiger partial charge < -0.3 is 5.32 Å². The number of nitrogens with zero attached hydrogens (tertiary/aromatic N) is 2. The molecule has 0 aliphatic heterocycles. The molecule has 0 aromatic carbocycles. The number of hydrogen-bond acceptors (Lipinski definition) is 2. The summed E-state index contributed by atoms with van der Waals surface area (Å²) in [5.74, 6) is 0.870. The van der Waals surface area contributed by atoms with Gasteiger partial charge in [0.15, 0.2) is 0 Å². The maximum atomic E-state index is 4.35. The third kappa shape index (κ3) is 2.40. The Morgan fingerprint density at radius 2 is 2.20 bits per heavy atom. The Labute approximate surface area is 91.9 Å². The molecule has 0 bridgehead atoms. The molecule has 84 valence electrons. The van der Waals surface area contributed by atoms with E-state index in [9.17, 15) is 0 Å². The summed E-state index contributed by atoms with van der Waals surface area (Å²) in [7, 11) is 1.97. The highest BCUT2D eigenvalue weighted by Gasteiger charge is 2.37. The molecule has 1 aliphatic carbocycles. The van der Waals surface area contributed by atoms with Crippen LogP contribution in [0.5, 0.6) is 0 Å². The number of nitrogens with one attached hydrogen (secondary N) is 1. The van der Waals surface area contributed by atoms with E-state index in [4.69, 9.17) is 0 Å². The second kappa shape index (κ2) is 3.63. The summed E-state index contributed by atoms with van der Waals surface area (Å²) in [5.41, 5.74) is 2.73. The lowest BCUT2D eigenvalue weighted by Gasteiger charge is -2.26. The van der Waals surface area contributed by atoms with Gasteiger partial charge in [-0.25, -0.2) is 0 Å². The summed E-state index contributed by atoms with van der Waals surface area (Å²) in [6.45, 7) is 7.61. The number of aromatic nitrogens is 2. The van der Waals surface area contributed by atoms with Crippen LogP contribution in [0, 0.1) is 12.8 Å². The SMILES string of the molecule is Cc1nn(C)cc1CNC(C)(C)C1CC1. The first-order chi connectivity index (χ1) is 6.99. The molecular weight excluding hydrogens is 186 g/mol. The van der Waals surface area contributed by atoms with Crippen LogP contribution in [0.15, 0.2) is 6.20 Å². The first kappa shape index (κ1) is 10.7. The maximum Gasteiger partial charge on any atom is 0.0638 e. The fraction of sp³-hybridized carbons (Fsp3) is 0.750. The monoisotopic (exact) mass is 207 g/mol. The normalized spacial score (nSPS) is 17.1. The van der Waals surface area contributed by atoms with Crippen LogP contribution in [-0.2, 0) is 13.6 Å². The predicted molar refractivity (Wildman–Crippen MR) is 61.6 cm³/mol. The highest BCUT2D eigenvalue weighted by Crippen LogP contribution is 2.39. The van der Waals surface area contributed by atoms with Crippen molar-refractivity contribution in [3.05, 3.63) is 17.5 Å². The Morgan fingerprint density at radius 3 is 2.67 bits per heavy atom. The smallest absolute Gasteiger partial charge is 0.0638 e. The Hall–Kier alpha value is -0.830. The van der Waals surface area contributed by atoms with E-state index in [1.54, 1.807) is 0 Å². The summed E-state index contributed by atoms with van der Waals surface area (Å²) in [5, 5.41) is 7.99. The van der Waals surface area contributed by atoms with Crippen LogP contribution >= 0.6 is 0 Å². The quantitative estimate of drug-likeness (QED) is 0.818. The van der Waals surface area contributed by atoms with Gasteiger partial charge in [0.25, 0.3) is 0 Å². The highest BCUT2D eigenvalue weighted by molar-refractivity contribution is 5.15. The molecule has 0 saturated heterocycles. The second-order valence-corrected chi connectivity index (χ2v) is 5.26. The lowest BCUT2D eigenvalue weighted by molar-refractivity contribution is 0.339. The van der Waals surface area contributed by atoms with Gasteiger partial charge in [0.1, 0.15) is 0 Å². The lowest BCUT2D eigenvalue weighted by Crippen LogP contribution is -2.40. The molecule has 1 aromatic heterocycles. The van der Waals surface area contributed by atoms with Crippen molar-refractivity contribution in [3.63, 3.8) is 0 Å². The zero-order chi connectivity index (χ0) is 11.1. The van der Waals surface area contributed by atoms with E-state index in [0.29, 0.717) is 0 Å². The zero-order valence-electron chi connectivity index (χ0n) is 10.2. The van der Waals surface area contributed by atoms with Crippen molar-refractivity contribution in [1.82, 2.24) is 15.1 Å². The van der Waals surface area contributed by atoms with Crippen LogP contribution in [0.2, 0.25) is 0 Å². The van der Waals surface area contributed by atoms with Gasteiger partial charge in [-0.1, -0.05) is 0 Å². The standard InChI is InChI=1S/C12H21N3/c1-9-10(8-15(4)14-9)7-13-12(2,3)11-5-6-11/h8,11,13H,5-7H2,1-4H3. The van der Waals surface area contributed by atoms with E-state index < -0.39 is 0 Å². The summed E-state index contributed by atoms with van der Waals surface area (Å²) < 4.78 is 1.89. The van der Waals surface area contributed by atoms with Crippen LogP contribution in [0.25, 0.3) is 0 Å². The molecule has 1 aliphatic rings. The molecule has 15 heavy (non-hydrogen) atoms. The lowest BCUT2D eigenvalue weighted by atomic mass is 9.98. The van der Waals surface area contributed by atoms with Crippen molar-refractivity contribution in [1.29, 1.82) is 0 Å². The second-order valence-electron chi connectivity index (χ2n) is 5.26. The minimum absolute atomic E-state index is 0.280. The molecule has 3 nitrogen and oxygen atoms in total. The predicted octanol–water partition coefficient (Wildman–Crippen LogP) is 2.01. The van der Waals surface area contributed by atoms with E-state index in [1.165, 1.54) is 18.4 Å². The maximum absolute atomic E-state index is 4.35. The first-order valence-electron chi connectivity index (χ1n) is 5.73. The Balaban J connectivity index is 1.95. The van der Waals surface area contributed by atoms with Crippen molar-refractivity contribution < 1.29 is 0 Å². The van der Waals surface area contributed by atoms with Gasteiger partial charge in [-0.2, -0.15) is 5.10 Å². The van der Waals surface area contributed by atoms with Gasteiger partial charge in [0.2, 0.25) is 0 Å².